The molecule has 1 aromatic carbocycles. The van der Waals surface area contributed by atoms with E-state index in [4.69, 9.17) is 16.3 Å². The molecule has 0 saturated carbocycles. The number of nitrogens with one attached hydrogen (secondary N) is 1. The highest BCUT2D eigenvalue weighted by Gasteiger charge is 2.19. The Labute approximate surface area is 147 Å². The van der Waals surface area contributed by atoms with Gasteiger partial charge in [0.1, 0.15) is 0 Å². The Morgan fingerprint density at radius 1 is 1.29 bits per heavy atom. The number of hydrogen-bond donors (Lipinski definition) is 1. The number of ether oxygens (including phenoxy) is 2. The van der Waals surface area contributed by atoms with Crippen LogP contribution in [0.15, 0.2) is 30.3 Å². The van der Waals surface area contributed by atoms with Gasteiger partial charge in [-0.05, 0) is 19.1 Å². The zero-order valence-electron chi connectivity index (χ0n) is 12.9. The highest BCUT2D eigenvalue weighted by Crippen LogP contribution is 2.35. The van der Waals surface area contributed by atoms with Crippen molar-refractivity contribution in [2.75, 3.05) is 7.11 Å². The second-order valence-corrected chi connectivity index (χ2v) is 6.13. The molecule has 1 heterocycles. The van der Waals surface area contributed by atoms with E-state index in [9.17, 15) is 14.4 Å². The lowest BCUT2D eigenvalue weighted by Gasteiger charge is -2.10. The van der Waals surface area contributed by atoms with Crippen molar-refractivity contribution >= 4 is 57.1 Å². The first-order valence-corrected chi connectivity index (χ1v) is 8.06. The molecule has 0 spiro atoms. The van der Waals surface area contributed by atoms with E-state index in [1.807, 2.05) is 29.6 Å². The standard InChI is InChI=1S/C16H14ClNO5S/c1-9(15(20)18-16(21)22-2)23-13(19)8-7-12-14(17)10-5-3-4-6-11(10)24-12/h3-9H,1-2H3,(H,18,20,21)/b8-7+/t9-/m1/s1. The van der Waals surface area contributed by atoms with E-state index in [0.29, 0.717) is 9.90 Å². The summed E-state index contributed by atoms with van der Waals surface area (Å²) in [5.74, 6) is -1.50. The molecule has 24 heavy (non-hydrogen) atoms. The van der Waals surface area contributed by atoms with E-state index < -0.39 is 24.1 Å². The fraction of sp³-hybridized carbons (Fsp3) is 0.188. The molecule has 0 unspecified atom stereocenters. The van der Waals surface area contributed by atoms with Crippen molar-refractivity contribution in [3.05, 3.63) is 40.2 Å². The molecule has 0 saturated heterocycles. The minimum absolute atomic E-state index is 0.552. The molecule has 2 amide bonds. The van der Waals surface area contributed by atoms with Gasteiger partial charge in [0.15, 0.2) is 6.10 Å². The highest BCUT2D eigenvalue weighted by atomic mass is 35.5. The Kier molecular flexibility index (Phi) is 5.94. The van der Waals surface area contributed by atoms with E-state index in [0.717, 1.165) is 17.2 Å². The summed E-state index contributed by atoms with van der Waals surface area (Å²) >= 11 is 7.70. The topological polar surface area (TPSA) is 81.7 Å². The average Bonchev–Trinajstić information content (AvgIpc) is 2.89. The summed E-state index contributed by atoms with van der Waals surface area (Å²) in [4.78, 5) is 35.0. The number of rotatable bonds is 4. The van der Waals surface area contributed by atoms with E-state index in [2.05, 4.69) is 4.74 Å². The summed E-state index contributed by atoms with van der Waals surface area (Å²) in [7, 11) is 1.12. The van der Waals surface area contributed by atoms with Crippen LogP contribution in [-0.4, -0.2) is 31.2 Å². The lowest BCUT2D eigenvalue weighted by atomic mass is 10.2. The van der Waals surface area contributed by atoms with Crippen LogP contribution in [0.4, 0.5) is 4.79 Å². The van der Waals surface area contributed by atoms with Crippen LogP contribution in [0, 0.1) is 0 Å². The Balaban J connectivity index is 2.00. The molecular weight excluding hydrogens is 354 g/mol. The highest BCUT2D eigenvalue weighted by molar-refractivity contribution is 7.20. The number of fused-ring (bicyclic) bond motifs is 1. The first-order chi connectivity index (χ1) is 11.4. The summed E-state index contributed by atoms with van der Waals surface area (Å²) < 4.78 is 10.2. The molecule has 0 bridgehead atoms. The number of hydrogen-bond acceptors (Lipinski definition) is 6. The predicted octanol–water partition coefficient (Wildman–Crippen LogP) is 3.38. The third-order valence-corrected chi connectivity index (χ3v) is 4.66. The molecule has 0 fully saturated rings. The molecular formula is C16H14ClNO5S. The molecule has 1 N–H and O–H groups in total. The second kappa shape index (κ2) is 7.94. The Morgan fingerprint density at radius 2 is 2.00 bits per heavy atom. The van der Waals surface area contributed by atoms with Crippen LogP contribution < -0.4 is 5.32 Å². The zero-order valence-corrected chi connectivity index (χ0v) is 14.4. The quantitative estimate of drug-likeness (QED) is 0.661. The number of carbonyl (C=O) groups excluding carboxylic acids is 3. The van der Waals surface area contributed by atoms with E-state index >= 15 is 0 Å². The summed E-state index contributed by atoms with van der Waals surface area (Å²) in [5, 5.41) is 3.37. The van der Waals surface area contributed by atoms with Gasteiger partial charge in [-0.25, -0.2) is 9.59 Å². The Bertz CT molecular complexity index is 814. The molecule has 0 aliphatic carbocycles. The molecule has 0 radical (unpaired) electrons. The fourth-order valence-corrected chi connectivity index (χ4v) is 3.20. The second-order valence-electron chi connectivity index (χ2n) is 4.67. The van der Waals surface area contributed by atoms with Crippen molar-refractivity contribution in [1.82, 2.24) is 5.32 Å². The molecule has 8 heteroatoms. The normalized spacial score (nSPS) is 12.1. The summed E-state index contributed by atoms with van der Waals surface area (Å²) in [6.45, 7) is 1.34. The number of esters is 1. The van der Waals surface area contributed by atoms with Crippen molar-refractivity contribution in [3.8, 4) is 0 Å². The molecule has 1 aromatic heterocycles. The summed E-state index contributed by atoms with van der Waals surface area (Å²) in [5.41, 5.74) is 0. The first kappa shape index (κ1) is 18.0. The lowest BCUT2D eigenvalue weighted by Crippen LogP contribution is -2.39. The van der Waals surface area contributed by atoms with E-state index in [1.54, 1.807) is 0 Å². The summed E-state index contributed by atoms with van der Waals surface area (Å²) in [6, 6.07) is 7.60. The van der Waals surface area contributed by atoms with Crippen LogP contribution in [0.3, 0.4) is 0 Å². The number of halogens is 1. The largest absolute Gasteiger partial charge is 0.453 e. The van der Waals surface area contributed by atoms with Crippen molar-refractivity contribution in [1.29, 1.82) is 0 Å². The van der Waals surface area contributed by atoms with Crippen LogP contribution >= 0.6 is 22.9 Å². The number of carbonyl (C=O) groups is 3. The van der Waals surface area contributed by atoms with Gasteiger partial charge in [-0.1, -0.05) is 29.8 Å². The van der Waals surface area contributed by atoms with Crippen LogP contribution in [0.25, 0.3) is 16.2 Å². The zero-order chi connectivity index (χ0) is 17.7. The number of thiophene rings is 1. The number of alkyl carbamates (subject to hydrolysis) is 1. The molecule has 2 rings (SSSR count). The van der Waals surface area contributed by atoms with Gasteiger partial charge in [-0.15, -0.1) is 11.3 Å². The summed E-state index contributed by atoms with van der Waals surface area (Å²) in [6.07, 6.45) is 0.647. The van der Waals surface area contributed by atoms with Crippen molar-refractivity contribution in [2.24, 2.45) is 0 Å². The third kappa shape index (κ3) is 4.33. The fourth-order valence-electron chi connectivity index (χ4n) is 1.80. The molecule has 0 aliphatic rings. The number of methoxy groups -OCH3 is 1. The van der Waals surface area contributed by atoms with Gasteiger partial charge >= 0.3 is 12.1 Å². The van der Waals surface area contributed by atoms with Gasteiger partial charge in [0.25, 0.3) is 5.91 Å². The molecule has 2 aromatic rings. The maximum atomic E-state index is 11.8. The smallest absolute Gasteiger partial charge is 0.413 e. The van der Waals surface area contributed by atoms with Gasteiger partial charge in [-0.3, -0.25) is 10.1 Å². The molecule has 6 nitrogen and oxygen atoms in total. The van der Waals surface area contributed by atoms with E-state index in [-0.39, 0.29) is 0 Å². The molecule has 1 atom stereocenters. The maximum absolute atomic E-state index is 11.8. The maximum Gasteiger partial charge on any atom is 0.413 e. The molecule has 0 aliphatic heterocycles. The van der Waals surface area contributed by atoms with Crippen LogP contribution in [0.1, 0.15) is 11.8 Å². The number of imide groups is 1. The van der Waals surface area contributed by atoms with Crippen molar-refractivity contribution in [3.63, 3.8) is 0 Å². The van der Waals surface area contributed by atoms with Gasteiger partial charge < -0.3 is 9.47 Å². The van der Waals surface area contributed by atoms with Gasteiger partial charge in [0.05, 0.1) is 12.1 Å². The lowest BCUT2D eigenvalue weighted by molar-refractivity contribution is -0.149. The van der Waals surface area contributed by atoms with Gasteiger partial charge in [0.2, 0.25) is 0 Å². The monoisotopic (exact) mass is 367 g/mol. The SMILES string of the molecule is COC(=O)NC(=O)[C@@H](C)OC(=O)/C=C/c1sc2ccccc2c1Cl. The minimum Gasteiger partial charge on any atom is -0.453 e. The van der Waals surface area contributed by atoms with Crippen molar-refractivity contribution < 1.29 is 23.9 Å². The van der Waals surface area contributed by atoms with Crippen LogP contribution in [0.5, 0.6) is 0 Å². The van der Waals surface area contributed by atoms with Gasteiger partial charge in [0, 0.05) is 21.0 Å². The molecule has 126 valence electrons. The minimum atomic E-state index is -1.14. The number of amides is 2. The third-order valence-electron chi connectivity index (χ3n) is 3.00. The van der Waals surface area contributed by atoms with Gasteiger partial charge in [-0.2, -0.15) is 0 Å². The first-order valence-electron chi connectivity index (χ1n) is 6.87. The Morgan fingerprint density at radius 3 is 2.67 bits per heavy atom. The van der Waals surface area contributed by atoms with Crippen LogP contribution in [-0.2, 0) is 19.1 Å². The average molecular weight is 368 g/mol. The van der Waals surface area contributed by atoms with Crippen LogP contribution in [0.2, 0.25) is 5.02 Å². The number of benzene rings is 1. The van der Waals surface area contributed by atoms with Crippen molar-refractivity contribution in [2.45, 2.75) is 13.0 Å². The predicted molar refractivity (Wildman–Crippen MR) is 92.0 cm³/mol. The van der Waals surface area contributed by atoms with E-state index in [1.165, 1.54) is 30.4 Å². The Hall–Kier alpha value is -2.38.